The number of aromatic nitrogens is 5. The van der Waals surface area contributed by atoms with Crippen molar-refractivity contribution in [3.63, 3.8) is 0 Å². The van der Waals surface area contributed by atoms with Gasteiger partial charge in [0.2, 0.25) is 0 Å². The van der Waals surface area contributed by atoms with Crippen LogP contribution in [-0.2, 0) is 11.3 Å². The van der Waals surface area contributed by atoms with E-state index in [2.05, 4.69) is 39.0 Å². The lowest BCUT2D eigenvalue weighted by molar-refractivity contribution is -0.192. The highest BCUT2D eigenvalue weighted by Crippen LogP contribution is 2.64. The van der Waals surface area contributed by atoms with Gasteiger partial charge in [-0.2, -0.15) is 13.2 Å². The number of carbonyl (C=O) groups is 1. The summed E-state index contributed by atoms with van der Waals surface area (Å²) in [6, 6.07) is 1.87. The molecule has 2 atom stereocenters. The molecule has 5 rings (SSSR count). The van der Waals surface area contributed by atoms with E-state index in [1.807, 2.05) is 4.68 Å². The Morgan fingerprint density at radius 1 is 1.35 bits per heavy atom. The van der Waals surface area contributed by atoms with Crippen LogP contribution in [0.3, 0.4) is 0 Å². The van der Waals surface area contributed by atoms with Gasteiger partial charge in [-0.3, -0.25) is 0 Å². The number of hydrogen-bond donors (Lipinski definition) is 2. The molecule has 0 amide bonds. The van der Waals surface area contributed by atoms with Gasteiger partial charge < -0.3 is 14.9 Å². The quantitative estimate of drug-likeness (QED) is 0.539. The van der Waals surface area contributed by atoms with Crippen molar-refractivity contribution >= 4 is 5.97 Å². The standard InChI is InChI=1S/C19H27FN6O.C2HF3O2/c1-2-6-26-18(22-24-25-26)17(14-7-15(27-23-14)13-4-3-5-13)21-11-12-8-19(9-12)10-16(19)20;3-2(4,5)1(6)7/h7,12-13,16-17,21H,2-6,8-11H2,1H3;(H,6,7). The van der Waals surface area contributed by atoms with Gasteiger partial charge in [0.05, 0.1) is 0 Å². The van der Waals surface area contributed by atoms with Crippen molar-refractivity contribution in [2.75, 3.05) is 6.54 Å². The minimum atomic E-state index is -5.08. The first-order valence-corrected chi connectivity index (χ1v) is 11.5. The molecule has 3 fully saturated rings. The van der Waals surface area contributed by atoms with E-state index in [4.69, 9.17) is 14.4 Å². The van der Waals surface area contributed by atoms with Crippen LogP contribution in [-0.4, -0.2) is 55.3 Å². The van der Waals surface area contributed by atoms with Gasteiger partial charge >= 0.3 is 12.1 Å². The largest absolute Gasteiger partial charge is 0.490 e. The monoisotopic (exact) mass is 488 g/mol. The van der Waals surface area contributed by atoms with Crippen LogP contribution in [0.4, 0.5) is 17.6 Å². The smallest absolute Gasteiger partial charge is 0.475 e. The van der Waals surface area contributed by atoms with Gasteiger partial charge in [-0.15, -0.1) is 5.10 Å². The fourth-order valence-corrected chi connectivity index (χ4v) is 4.68. The van der Waals surface area contributed by atoms with Crippen molar-refractivity contribution in [3.8, 4) is 0 Å². The molecule has 188 valence electrons. The highest BCUT2D eigenvalue weighted by Gasteiger charge is 2.62. The minimum Gasteiger partial charge on any atom is -0.475 e. The first kappa shape index (κ1) is 24.6. The Morgan fingerprint density at radius 2 is 2.03 bits per heavy atom. The van der Waals surface area contributed by atoms with E-state index in [1.54, 1.807) is 0 Å². The fraction of sp³-hybridized carbons (Fsp3) is 0.762. The maximum absolute atomic E-state index is 13.5. The number of halogens is 4. The van der Waals surface area contributed by atoms with Gasteiger partial charge in [-0.25, -0.2) is 13.9 Å². The molecule has 13 heteroatoms. The summed E-state index contributed by atoms with van der Waals surface area (Å²) < 4.78 is 52.7. The second-order valence-electron chi connectivity index (χ2n) is 9.49. The number of aryl methyl sites for hydroxylation is 1. The van der Waals surface area contributed by atoms with Crippen LogP contribution in [0.5, 0.6) is 0 Å². The SMILES string of the molecule is CCCn1nnnc1C(NCC1CC2(C1)CC2F)c1cc(C2CCC2)on1.O=C(O)C(F)(F)F. The second kappa shape index (κ2) is 9.59. The van der Waals surface area contributed by atoms with Crippen LogP contribution >= 0.6 is 0 Å². The lowest BCUT2D eigenvalue weighted by Crippen LogP contribution is -2.38. The highest BCUT2D eigenvalue weighted by atomic mass is 19.4. The normalized spacial score (nSPS) is 26.9. The molecule has 3 aliphatic carbocycles. The van der Waals surface area contributed by atoms with Crippen molar-refractivity contribution < 1.29 is 32.0 Å². The van der Waals surface area contributed by atoms with Crippen LogP contribution in [0.15, 0.2) is 10.6 Å². The number of rotatable bonds is 8. The van der Waals surface area contributed by atoms with E-state index in [0.29, 0.717) is 11.8 Å². The third kappa shape index (κ3) is 5.23. The summed E-state index contributed by atoms with van der Waals surface area (Å²) in [5.74, 6) is 0.00295. The van der Waals surface area contributed by atoms with Crippen LogP contribution in [0.1, 0.15) is 81.1 Å². The van der Waals surface area contributed by atoms with Crippen molar-refractivity contribution in [1.82, 2.24) is 30.7 Å². The van der Waals surface area contributed by atoms with E-state index in [-0.39, 0.29) is 11.5 Å². The van der Waals surface area contributed by atoms with Gasteiger partial charge in [0, 0.05) is 23.9 Å². The third-order valence-electron chi connectivity index (χ3n) is 6.94. The summed E-state index contributed by atoms with van der Waals surface area (Å²) in [5, 5.41) is 27.4. The second-order valence-corrected chi connectivity index (χ2v) is 9.49. The number of hydrogen-bond acceptors (Lipinski definition) is 7. The number of alkyl halides is 4. The average Bonchev–Trinajstić information content (AvgIpc) is 3.05. The molecule has 0 aliphatic heterocycles. The van der Waals surface area contributed by atoms with Gasteiger partial charge in [0.15, 0.2) is 5.82 Å². The maximum atomic E-state index is 13.5. The molecule has 2 N–H and O–H groups in total. The van der Waals surface area contributed by atoms with Gasteiger partial charge in [-0.1, -0.05) is 18.5 Å². The van der Waals surface area contributed by atoms with E-state index < -0.39 is 18.3 Å². The number of carboxylic acid groups (broad SMARTS) is 1. The Hall–Kier alpha value is -2.57. The van der Waals surface area contributed by atoms with Gasteiger partial charge in [-0.05, 0) is 61.4 Å². The van der Waals surface area contributed by atoms with Crippen LogP contribution in [0.2, 0.25) is 0 Å². The van der Waals surface area contributed by atoms with Crippen molar-refractivity contribution in [2.24, 2.45) is 11.3 Å². The zero-order chi connectivity index (χ0) is 24.5. The first-order chi connectivity index (χ1) is 16.1. The molecule has 0 aromatic carbocycles. The lowest BCUT2D eigenvalue weighted by atomic mass is 9.71. The summed E-state index contributed by atoms with van der Waals surface area (Å²) in [5.41, 5.74) is 0.865. The van der Waals surface area contributed by atoms with E-state index in [1.165, 1.54) is 19.3 Å². The predicted octanol–water partition coefficient (Wildman–Crippen LogP) is 3.79. The van der Waals surface area contributed by atoms with Crippen LogP contribution < -0.4 is 5.32 Å². The number of nitrogens with zero attached hydrogens (tertiary/aromatic N) is 5. The molecule has 3 aliphatic rings. The molecular formula is C21H28F4N6O3. The summed E-state index contributed by atoms with van der Waals surface area (Å²) in [6.45, 7) is 3.70. The summed E-state index contributed by atoms with van der Waals surface area (Å²) in [6.07, 6.45) is 1.65. The van der Waals surface area contributed by atoms with E-state index >= 15 is 0 Å². The molecular weight excluding hydrogens is 460 g/mol. The topological polar surface area (TPSA) is 119 Å². The van der Waals surface area contributed by atoms with Crippen molar-refractivity contribution in [2.45, 2.75) is 82.7 Å². The maximum Gasteiger partial charge on any atom is 0.490 e. The van der Waals surface area contributed by atoms with Crippen LogP contribution in [0, 0.1) is 11.3 Å². The molecule has 0 saturated heterocycles. The van der Waals surface area contributed by atoms with Crippen molar-refractivity contribution in [3.05, 3.63) is 23.3 Å². The molecule has 3 saturated carbocycles. The molecule has 0 radical (unpaired) electrons. The molecule has 1 spiro atoms. The predicted molar refractivity (Wildman–Crippen MR) is 109 cm³/mol. The summed E-state index contributed by atoms with van der Waals surface area (Å²) in [7, 11) is 0. The number of nitrogens with one attached hydrogen (secondary N) is 1. The first-order valence-electron chi connectivity index (χ1n) is 11.5. The number of tetrazole rings is 1. The Kier molecular flexibility index (Phi) is 6.92. The molecule has 9 nitrogen and oxygen atoms in total. The zero-order valence-corrected chi connectivity index (χ0v) is 18.8. The summed E-state index contributed by atoms with van der Waals surface area (Å²) in [4.78, 5) is 8.90. The molecule has 2 heterocycles. The number of aliphatic carboxylic acids is 1. The van der Waals surface area contributed by atoms with Crippen molar-refractivity contribution in [1.29, 1.82) is 0 Å². The minimum absolute atomic E-state index is 0.0247. The highest BCUT2D eigenvalue weighted by molar-refractivity contribution is 5.73. The third-order valence-corrected chi connectivity index (χ3v) is 6.94. The molecule has 2 aromatic heterocycles. The summed E-state index contributed by atoms with van der Waals surface area (Å²) >= 11 is 0. The molecule has 2 unspecified atom stereocenters. The number of carboxylic acids is 1. The zero-order valence-electron chi connectivity index (χ0n) is 18.8. The molecule has 0 bridgehead atoms. The van der Waals surface area contributed by atoms with Gasteiger partial charge in [0.1, 0.15) is 23.7 Å². The Morgan fingerprint density at radius 3 is 2.56 bits per heavy atom. The Bertz CT molecular complexity index is 983. The average molecular weight is 488 g/mol. The molecule has 34 heavy (non-hydrogen) atoms. The van der Waals surface area contributed by atoms with E-state index in [0.717, 1.165) is 56.1 Å². The lowest BCUT2D eigenvalue weighted by Gasteiger charge is -2.36. The van der Waals surface area contributed by atoms with Crippen LogP contribution in [0.25, 0.3) is 0 Å². The molecule has 2 aromatic rings. The fourth-order valence-electron chi connectivity index (χ4n) is 4.68. The van der Waals surface area contributed by atoms with Gasteiger partial charge in [0.25, 0.3) is 0 Å². The Labute approximate surface area is 193 Å². The van der Waals surface area contributed by atoms with E-state index in [9.17, 15) is 17.6 Å². The Balaban J connectivity index is 0.000000344.